The van der Waals surface area contributed by atoms with Crippen molar-refractivity contribution in [3.8, 4) is 0 Å². The Kier molecular flexibility index (Phi) is 4.75. The fourth-order valence-corrected chi connectivity index (χ4v) is 4.24. The lowest BCUT2D eigenvalue weighted by Gasteiger charge is -2.13. The van der Waals surface area contributed by atoms with Gasteiger partial charge < -0.3 is 9.72 Å². The van der Waals surface area contributed by atoms with Gasteiger partial charge in [-0.25, -0.2) is 10.1 Å². The Balaban J connectivity index is 1.58. The van der Waals surface area contributed by atoms with Gasteiger partial charge in [-0.05, 0) is 32.4 Å². The van der Waals surface area contributed by atoms with Gasteiger partial charge in [0.25, 0.3) is 11.1 Å². The summed E-state index contributed by atoms with van der Waals surface area (Å²) in [5.74, 6) is -0.250. The molecule has 0 saturated carbocycles. The first-order valence-electron chi connectivity index (χ1n) is 9.01. The second-order valence-corrected chi connectivity index (χ2v) is 7.97. The third-order valence-electron chi connectivity index (χ3n) is 4.84. The molecule has 0 aliphatic carbocycles. The van der Waals surface area contributed by atoms with Crippen molar-refractivity contribution in [1.82, 2.24) is 20.2 Å². The molecule has 0 bridgehead atoms. The van der Waals surface area contributed by atoms with Gasteiger partial charge in [0.15, 0.2) is 11.9 Å². The van der Waals surface area contributed by atoms with Gasteiger partial charge in [-0.2, -0.15) is 5.10 Å². The number of aromatic amines is 2. The van der Waals surface area contributed by atoms with Crippen LogP contribution in [0.1, 0.15) is 35.0 Å². The molecule has 3 heterocycles. The van der Waals surface area contributed by atoms with Crippen molar-refractivity contribution in [1.29, 1.82) is 0 Å². The number of nitrogens with zero attached hydrogens (tertiary/aromatic N) is 2. The lowest BCUT2D eigenvalue weighted by atomic mass is 10.1. The second-order valence-electron chi connectivity index (χ2n) is 6.77. The molecule has 29 heavy (non-hydrogen) atoms. The van der Waals surface area contributed by atoms with Crippen LogP contribution in [0, 0.1) is 13.8 Å². The number of thiophene rings is 1. The van der Waals surface area contributed by atoms with Crippen molar-refractivity contribution < 1.29 is 9.53 Å². The van der Waals surface area contributed by atoms with Crippen LogP contribution in [0.2, 0.25) is 0 Å². The summed E-state index contributed by atoms with van der Waals surface area (Å²) in [5, 5.41) is 8.00. The number of ether oxygens (including phenoxy) is 1. The molecular weight excluding hydrogens is 392 g/mol. The topological polar surface area (TPSA) is 118 Å². The van der Waals surface area contributed by atoms with Gasteiger partial charge in [0.05, 0.1) is 22.9 Å². The number of hydrogen-bond donors (Lipinski definition) is 2. The zero-order valence-electron chi connectivity index (χ0n) is 16.0. The standard InChI is InChI=1S/C20H18N4O4S/c1-9-11(3)29-20-16(9)19(27)21-17(22-20)10(2)28-15(25)8-14-12-6-4-5-7-13(12)18(26)24-23-14/h4-7,10H,8H2,1-3H3,(H,24,26)(H,21,22,27)/t10-/m0/s1. The molecule has 3 aromatic heterocycles. The summed E-state index contributed by atoms with van der Waals surface area (Å²) in [6.07, 6.45) is -0.859. The SMILES string of the molecule is Cc1sc2nc([C@H](C)OC(=O)Cc3n[nH]c(=O)c4ccccc34)[nH]c(=O)c2c1C. The molecule has 0 aliphatic heterocycles. The highest BCUT2D eigenvalue weighted by molar-refractivity contribution is 7.18. The van der Waals surface area contributed by atoms with Gasteiger partial charge in [-0.3, -0.25) is 14.4 Å². The molecule has 4 rings (SSSR count). The molecule has 0 aliphatic rings. The van der Waals surface area contributed by atoms with E-state index in [0.717, 1.165) is 10.4 Å². The number of aromatic nitrogens is 4. The van der Waals surface area contributed by atoms with E-state index in [2.05, 4.69) is 20.2 Å². The molecule has 4 aromatic rings. The van der Waals surface area contributed by atoms with E-state index in [1.807, 2.05) is 13.8 Å². The summed E-state index contributed by atoms with van der Waals surface area (Å²) in [7, 11) is 0. The number of aryl methyl sites for hydroxylation is 2. The van der Waals surface area contributed by atoms with E-state index < -0.39 is 12.1 Å². The average molecular weight is 410 g/mol. The molecule has 148 valence electrons. The largest absolute Gasteiger partial charge is 0.454 e. The van der Waals surface area contributed by atoms with Crippen molar-refractivity contribution in [2.24, 2.45) is 0 Å². The number of carbonyl (C=O) groups excluding carboxylic acids is 1. The molecule has 0 saturated heterocycles. The Hall–Kier alpha value is -3.33. The molecule has 0 radical (unpaired) electrons. The van der Waals surface area contributed by atoms with Crippen molar-refractivity contribution in [3.63, 3.8) is 0 Å². The van der Waals surface area contributed by atoms with Crippen LogP contribution < -0.4 is 11.1 Å². The van der Waals surface area contributed by atoms with Crippen LogP contribution in [-0.2, 0) is 16.0 Å². The Labute approximate surface area is 168 Å². The molecule has 8 nitrogen and oxygen atoms in total. The first-order chi connectivity index (χ1) is 13.8. The van der Waals surface area contributed by atoms with E-state index in [0.29, 0.717) is 26.7 Å². The highest BCUT2D eigenvalue weighted by Gasteiger charge is 2.19. The summed E-state index contributed by atoms with van der Waals surface area (Å²) in [5.41, 5.74) is 0.760. The van der Waals surface area contributed by atoms with E-state index in [1.165, 1.54) is 11.3 Å². The van der Waals surface area contributed by atoms with Gasteiger partial charge in [-0.1, -0.05) is 18.2 Å². The highest BCUT2D eigenvalue weighted by atomic mass is 32.1. The van der Waals surface area contributed by atoms with Crippen LogP contribution >= 0.6 is 11.3 Å². The summed E-state index contributed by atoms with van der Waals surface area (Å²) < 4.78 is 5.46. The predicted octanol–water partition coefficient (Wildman–Crippen LogP) is 2.68. The molecule has 9 heteroatoms. The number of carbonyl (C=O) groups is 1. The Morgan fingerprint density at radius 2 is 1.90 bits per heavy atom. The zero-order valence-corrected chi connectivity index (χ0v) is 16.8. The van der Waals surface area contributed by atoms with E-state index in [9.17, 15) is 14.4 Å². The first-order valence-corrected chi connectivity index (χ1v) is 9.82. The van der Waals surface area contributed by atoms with Crippen molar-refractivity contribution in [2.75, 3.05) is 0 Å². The smallest absolute Gasteiger partial charge is 0.312 e. The van der Waals surface area contributed by atoms with Crippen molar-refractivity contribution in [2.45, 2.75) is 33.3 Å². The van der Waals surface area contributed by atoms with E-state index >= 15 is 0 Å². The number of fused-ring (bicyclic) bond motifs is 2. The fraction of sp³-hybridized carbons (Fsp3) is 0.250. The minimum Gasteiger partial charge on any atom is -0.454 e. The van der Waals surface area contributed by atoms with Crippen LogP contribution in [-0.4, -0.2) is 26.1 Å². The quantitative estimate of drug-likeness (QED) is 0.500. The van der Waals surface area contributed by atoms with Crippen LogP contribution in [0.25, 0.3) is 21.0 Å². The second kappa shape index (κ2) is 7.25. The third-order valence-corrected chi connectivity index (χ3v) is 5.94. The van der Waals surface area contributed by atoms with Crippen LogP contribution in [0.4, 0.5) is 0 Å². The van der Waals surface area contributed by atoms with Gasteiger partial charge in [0.1, 0.15) is 4.83 Å². The molecule has 0 fully saturated rings. The van der Waals surface area contributed by atoms with Gasteiger partial charge in [0, 0.05) is 10.3 Å². The number of benzene rings is 1. The van der Waals surface area contributed by atoms with Gasteiger partial charge >= 0.3 is 5.97 Å². The van der Waals surface area contributed by atoms with E-state index in [1.54, 1.807) is 31.2 Å². The van der Waals surface area contributed by atoms with E-state index in [4.69, 9.17) is 4.74 Å². The molecule has 0 unspecified atom stereocenters. The number of hydrogen-bond acceptors (Lipinski definition) is 7. The Morgan fingerprint density at radius 3 is 2.66 bits per heavy atom. The fourth-order valence-electron chi connectivity index (χ4n) is 3.20. The molecule has 2 N–H and O–H groups in total. The molecule has 1 atom stereocenters. The highest BCUT2D eigenvalue weighted by Crippen LogP contribution is 2.27. The number of H-pyrrole nitrogens is 2. The van der Waals surface area contributed by atoms with Crippen molar-refractivity contribution >= 4 is 38.3 Å². The minimum atomic E-state index is -0.740. The van der Waals surface area contributed by atoms with Crippen LogP contribution in [0.3, 0.4) is 0 Å². The lowest BCUT2D eigenvalue weighted by Crippen LogP contribution is -2.19. The summed E-state index contributed by atoms with van der Waals surface area (Å²) in [6, 6.07) is 6.92. The van der Waals surface area contributed by atoms with Gasteiger partial charge in [-0.15, -0.1) is 11.3 Å². The molecule has 0 spiro atoms. The Morgan fingerprint density at radius 1 is 1.17 bits per heavy atom. The van der Waals surface area contributed by atoms with E-state index in [-0.39, 0.29) is 23.4 Å². The molecule has 0 amide bonds. The Bertz CT molecular complexity index is 1370. The minimum absolute atomic E-state index is 0.120. The monoisotopic (exact) mass is 410 g/mol. The normalized spacial score (nSPS) is 12.4. The van der Waals surface area contributed by atoms with Crippen LogP contribution in [0.5, 0.6) is 0 Å². The van der Waals surface area contributed by atoms with Crippen molar-refractivity contribution in [3.05, 3.63) is 66.9 Å². The number of esters is 1. The maximum atomic E-state index is 12.5. The average Bonchev–Trinajstić information content (AvgIpc) is 2.98. The third kappa shape index (κ3) is 3.44. The molecule has 1 aromatic carbocycles. The lowest BCUT2D eigenvalue weighted by molar-refractivity contribution is -0.148. The first kappa shape index (κ1) is 19.0. The zero-order chi connectivity index (χ0) is 20.7. The number of rotatable bonds is 4. The summed E-state index contributed by atoms with van der Waals surface area (Å²) >= 11 is 1.43. The van der Waals surface area contributed by atoms with Crippen LogP contribution in [0.15, 0.2) is 33.9 Å². The predicted molar refractivity (Wildman–Crippen MR) is 110 cm³/mol. The summed E-state index contributed by atoms with van der Waals surface area (Å²) in [6.45, 7) is 5.47. The molecular formula is C20H18N4O4S. The number of nitrogens with one attached hydrogen (secondary N) is 2. The maximum absolute atomic E-state index is 12.5. The summed E-state index contributed by atoms with van der Waals surface area (Å²) in [4.78, 5) is 45.6. The van der Waals surface area contributed by atoms with Gasteiger partial charge in [0.2, 0.25) is 0 Å². The maximum Gasteiger partial charge on any atom is 0.312 e.